The lowest BCUT2D eigenvalue weighted by atomic mass is 10.1. The minimum absolute atomic E-state index is 0.0306. The third-order valence-corrected chi connectivity index (χ3v) is 2.51. The number of esters is 1. The predicted octanol–water partition coefficient (Wildman–Crippen LogP) is -0.00590. The maximum absolute atomic E-state index is 11.8. The molecular formula is C12H13N3O7. The van der Waals surface area contributed by atoms with Gasteiger partial charge in [0.05, 0.1) is 12.0 Å². The number of rotatable bonds is 7. The molecule has 0 heterocycles. The molecule has 0 atom stereocenters. The van der Waals surface area contributed by atoms with Crippen LogP contribution in [0, 0.1) is 10.1 Å². The maximum atomic E-state index is 11.8. The fraction of sp³-hybridized carbons (Fsp3) is 0.250. The number of aliphatic carboxylic acids is 1. The van der Waals surface area contributed by atoms with Crippen LogP contribution in [-0.4, -0.2) is 48.1 Å². The molecule has 1 rings (SSSR count). The van der Waals surface area contributed by atoms with E-state index in [9.17, 15) is 24.5 Å². The van der Waals surface area contributed by atoms with Crippen LogP contribution in [0.1, 0.15) is 10.4 Å². The Morgan fingerprint density at radius 3 is 2.55 bits per heavy atom. The SMILES string of the molecule is COC(=O)CNC(=O)c1ccc(NCC(=O)O)c([N+](=O)[O-])c1. The zero-order valence-corrected chi connectivity index (χ0v) is 11.5. The van der Waals surface area contributed by atoms with Gasteiger partial charge in [-0.15, -0.1) is 0 Å². The fourth-order valence-corrected chi connectivity index (χ4v) is 1.47. The normalized spacial score (nSPS) is 9.68. The number of hydrogen-bond donors (Lipinski definition) is 3. The first kappa shape index (κ1) is 16.9. The lowest BCUT2D eigenvalue weighted by molar-refractivity contribution is -0.384. The van der Waals surface area contributed by atoms with Gasteiger partial charge < -0.3 is 20.5 Å². The number of methoxy groups -OCH3 is 1. The van der Waals surface area contributed by atoms with Crippen molar-refractivity contribution >= 4 is 29.2 Å². The molecular weight excluding hydrogens is 298 g/mol. The number of nitro benzene ring substituents is 1. The Labute approximate surface area is 124 Å². The summed E-state index contributed by atoms with van der Waals surface area (Å²) < 4.78 is 4.34. The summed E-state index contributed by atoms with van der Waals surface area (Å²) in [6.07, 6.45) is 0. The Kier molecular flexibility index (Phi) is 5.81. The summed E-state index contributed by atoms with van der Waals surface area (Å²) in [6.45, 7) is -0.878. The molecule has 0 unspecified atom stereocenters. The summed E-state index contributed by atoms with van der Waals surface area (Å²) in [5.41, 5.74) is -0.527. The van der Waals surface area contributed by atoms with Crippen molar-refractivity contribution in [3.05, 3.63) is 33.9 Å². The van der Waals surface area contributed by atoms with E-state index in [0.29, 0.717) is 0 Å². The van der Waals surface area contributed by atoms with E-state index >= 15 is 0 Å². The summed E-state index contributed by atoms with van der Waals surface area (Å²) in [6, 6.07) is 3.47. The second-order valence-corrected chi connectivity index (χ2v) is 4.00. The molecule has 0 aliphatic rings. The van der Waals surface area contributed by atoms with Crippen LogP contribution < -0.4 is 10.6 Å². The number of carboxylic acid groups (broad SMARTS) is 1. The van der Waals surface area contributed by atoms with Crippen LogP contribution in [0.5, 0.6) is 0 Å². The third kappa shape index (κ3) is 4.74. The summed E-state index contributed by atoms with van der Waals surface area (Å²) in [7, 11) is 1.16. The largest absolute Gasteiger partial charge is 0.480 e. The standard InChI is InChI=1S/C12H13N3O7/c1-22-11(18)6-14-12(19)7-2-3-8(13-5-10(16)17)9(4-7)15(20)21/h2-4,13H,5-6H2,1H3,(H,14,19)(H,16,17). The van der Waals surface area contributed by atoms with Gasteiger partial charge in [-0.3, -0.25) is 24.5 Å². The molecule has 10 nitrogen and oxygen atoms in total. The lowest BCUT2D eigenvalue weighted by Crippen LogP contribution is -2.30. The van der Waals surface area contributed by atoms with Gasteiger partial charge in [0, 0.05) is 11.6 Å². The third-order valence-electron chi connectivity index (χ3n) is 2.51. The lowest BCUT2D eigenvalue weighted by Gasteiger charge is -2.07. The van der Waals surface area contributed by atoms with Gasteiger partial charge in [0.2, 0.25) is 0 Å². The van der Waals surface area contributed by atoms with Crippen LogP contribution in [0.15, 0.2) is 18.2 Å². The molecule has 1 amide bonds. The maximum Gasteiger partial charge on any atom is 0.325 e. The van der Waals surface area contributed by atoms with E-state index in [2.05, 4.69) is 15.4 Å². The molecule has 0 aliphatic heterocycles. The van der Waals surface area contributed by atoms with Gasteiger partial charge >= 0.3 is 11.9 Å². The average Bonchev–Trinajstić information content (AvgIpc) is 2.49. The number of amides is 1. The highest BCUT2D eigenvalue weighted by Crippen LogP contribution is 2.25. The van der Waals surface area contributed by atoms with E-state index in [1.54, 1.807) is 0 Å². The van der Waals surface area contributed by atoms with Crippen molar-refractivity contribution in [1.82, 2.24) is 5.32 Å². The smallest absolute Gasteiger partial charge is 0.325 e. The molecule has 0 bridgehead atoms. The summed E-state index contributed by atoms with van der Waals surface area (Å²) in [4.78, 5) is 43.4. The molecule has 0 aromatic heterocycles. The van der Waals surface area contributed by atoms with Gasteiger partial charge in [-0.2, -0.15) is 0 Å². The molecule has 0 saturated heterocycles. The number of hydrogen-bond acceptors (Lipinski definition) is 7. The van der Waals surface area contributed by atoms with E-state index in [1.807, 2.05) is 0 Å². The van der Waals surface area contributed by atoms with E-state index in [1.165, 1.54) is 12.1 Å². The van der Waals surface area contributed by atoms with E-state index in [-0.39, 0.29) is 17.8 Å². The Hall–Kier alpha value is -3.17. The number of nitrogens with zero attached hydrogens (tertiary/aromatic N) is 1. The highest BCUT2D eigenvalue weighted by atomic mass is 16.6. The van der Waals surface area contributed by atoms with Gasteiger partial charge in [-0.1, -0.05) is 0 Å². The minimum atomic E-state index is -1.19. The number of nitro groups is 1. The van der Waals surface area contributed by atoms with Crippen LogP contribution in [-0.2, 0) is 14.3 Å². The second kappa shape index (κ2) is 7.57. The van der Waals surface area contributed by atoms with Gasteiger partial charge in [0.15, 0.2) is 0 Å². The molecule has 10 heteroatoms. The molecule has 0 spiro atoms. The number of carbonyl (C=O) groups is 3. The molecule has 22 heavy (non-hydrogen) atoms. The van der Waals surface area contributed by atoms with Crippen LogP contribution >= 0.6 is 0 Å². The summed E-state index contributed by atoms with van der Waals surface area (Å²) >= 11 is 0. The van der Waals surface area contributed by atoms with Crippen molar-refractivity contribution in [3.63, 3.8) is 0 Å². The predicted molar refractivity (Wildman–Crippen MR) is 73.6 cm³/mol. The van der Waals surface area contributed by atoms with Crippen LogP contribution in [0.2, 0.25) is 0 Å². The van der Waals surface area contributed by atoms with Gasteiger partial charge in [0.1, 0.15) is 18.8 Å². The first-order chi connectivity index (χ1) is 10.3. The van der Waals surface area contributed by atoms with Gasteiger partial charge in [0.25, 0.3) is 11.6 Å². The molecule has 1 aromatic carbocycles. The zero-order chi connectivity index (χ0) is 16.7. The molecule has 0 aliphatic carbocycles. The number of benzene rings is 1. The quantitative estimate of drug-likeness (QED) is 0.362. The molecule has 0 radical (unpaired) electrons. The number of carbonyl (C=O) groups excluding carboxylic acids is 2. The van der Waals surface area contributed by atoms with Crippen molar-refractivity contribution < 1.29 is 29.2 Å². The Balaban J connectivity index is 2.92. The first-order valence-corrected chi connectivity index (χ1v) is 5.94. The molecule has 0 saturated carbocycles. The van der Waals surface area contributed by atoms with Crippen LogP contribution in [0.3, 0.4) is 0 Å². The van der Waals surface area contributed by atoms with Gasteiger partial charge in [-0.25, -0.2) is 0 Å². The van der Waals surface area contributed by atoms with Crippen LogP contribution in [0.4, 0.5) is 11.4 Å². The van der Waals surface area contributed by atoms with E-state index in [0.717, 1.165) is 13.2 Å². The minimum Gasteiger partial charge on any atom is -0.480 e. The molecule has 1 aromatic rings. The first-order valence-electron chi connectivity index (χ1n) is 5.94. The molecule has 3 N–H and O–H groups in total. The Morgan fingerprint density at radius 1 is 1.32 bits per heavy atom. The zero-order valence-electron chi connectivity index (χ0n) is 11.5. The molecule has 0 fully saturated rings. The molecule has 118 valence electrons. The van der Waals surface area contributed by atoms with Crippen molar-refractivity contribution in [2.45, 2.75) is 0 Å². The number of carboxylic acids is 1. The monoisotopic (exact) mass is 311 g/mol. The highest BCUT2D eigenvalue weighted by molar-refractivity contribution is 5.97. The Bertz CT molecular complexity index is 615. The second-order valence-electron chi connectivity index (χ2n) is 4.00. The topological polar surface area (TPSA) is 148 Å². The van der Waals surface area contributed by atoms with Crippen molar-refractivity contribution in [2.24, 2.45) is 0 Å². The van der Waals surface area contributed by atoms with Crippen LogP contribution in [0.25, 0.3) is 0 Å². The average molecular weight is 311 g/mol. The van der Waals surface area contributed by atoms with Crippen molar-refractivity contribution in [2.75, 3.05) is 25.5 Å². The van der Waals surface area contributed by atoms with Gasteiger partial charge in [-0.05, 0) is 12.1 Å². The van der Waals surface area contributed by atoms with Crippen molar-refractivity contribution in [1.29, 1.82) is 0 Å². The summed E-state index contributed by atoms with van der Waals surface area (Å²) in [5, 5.41) is 24.1. The highest BCUT2D eigenvalue weighted by Gasteiger charge is 2.18. The number of anilines is 1. The summed E-state index contributed by atoms with van der Waals surface area (Å²) in [5.74, 6) is -2.55. The fourth-order valence-electron chi connectivity index (χ4n) is 1.47. The Morgan fingerprint density at radius 2 is 2.00 bits per heavy atom. The number of nitrogens with one attached hydrogen (secondary N) is 2. The number of ether oxygens (including phenoxy) is 1. The van der Waals surface area contributed by atoms with E-state index in [4.69, 9.17) is 5.11 Å². The van der Waals surface area contributed by atoms with Crippen molar-refractivity contribution in [3.8, 4) is 0 Å². The van der Waals surface area contributed by atoms with E-state index < -0.39 is 35.0 Å².